The predicted octanol–water partition coefficient (Wildman–Crippen LogP) is 5.11. The minimum atomic E-state index is -0.826. The number of nitrogens with zero attached hydrogens (tertiary/aromatic N) is 5. The third-order valence-corrected chi connectivity index (χ3v) is 11.2. The van der Waals surface area contributed by atoms with Crippen LogP contribution in [0, 0.1) is 28.9 Å². The number of thiophene rings is 1. The summed E-state index contributed by atoms with van der Waals surface area (Å²) in [6.07, 6.45) is 2.23. The molecule has 4 aliphatic heterocycles. The van der Waals surface area contributed by atoms with E-state index in [4.69, 9.17) is 36.5 Å². The molecule has 4 aromatic rings. The highest BCUT2D eigenvalue weighted by molar-refractivity contribution is 7.23. The van der Waals surface area contributed by atoms with Crippen LogP contribution in [0.2, 0.25) is 5.02 Å². The van der Waals surface area contributed by atoms with E-state index in [0.29, 0.717) is 18.3 Å². The number of hydrogen-bond donors (Lipinski definition) is 2. The van der Waals surface area contributed by atoms with Crippen molar-refractivity contribution in [2.75, 3.05) is 56.7 Å². The second-order valence-corrected chi connectivity index (χ2v) is 14.2. The first kappa shape index (κ1) is 29.8. The van der Waals surface area contributed by atoms with Crippen molar-refractivity contribution in [1.82, 2.24) is 14.9 Å². The summed E-state index contributed by atoms with van der Waals surface area (Å²) in [5.41, 5.74) is 5.98. The Morgan fingerprint density at radius 1 is 1.24 bits per heavy atom. The van der Waals surface area contributed by atoms with Crippen LogP contribution >= 0.6 is 22.9 Å². The summed E-state index contributed by atoms with van der Waals surface area (Å²) in [5.74, 6) is -0.401. The molecule has 8 rings (SSSR count). The van der Waals surface area contributed by atoms with Gasteiger partial charge in [-0.25, -0.2) is 8.78 Å². The summed E-state index contributed by atoms with van der Waals surface area (Å²) >= 11 is 7.92. The fourth-order valence-electron chi connectivity index (χ4n) is 7.84. The van der Waals surface area contributed by atoms with E-state index in [0.717, 1.165) is 43.7 Å². The van der Waals surface area contributed by atoms with E-state index >= 15 is 4.39 Å². The van der Waals surface area contributed by atoms with Gasteiger partial charge >= 0.3 is 6.01 Å². The monoisotopic (exact) mass is 668 g/mol. The summed E-state index contributed by atoms with van der Waals surface area (Å²) in [6, 6.07) is 4.23. The smallest absolute Gasteiger partial charge is 0.319 e. The zero-order valence-corrected chi connectivity index (χ0v) is 26.6. The van der Waals surface area contributed by atoms with Gasteiger partial charge in [0.2, 0.25) is 0 Å². The largest absolute Gasteiger partial charge is 0.489 e. The van der Waals surface area contributed by atoms with Crippen molar-refractivity contribution in [1.29, 1.82) is 5.26 Å². The highest BCUT2D eigenvalue weighted by Crippen LogP contribution is 2.51. The van der Waals surface area contributed by atoms with Crippen molar-refractivity contribution < 1.29 is 28.1 Å². The van der Waals surface area contributed by atoms with Crippen LogP contribution in [-0.4, -0.2) is 83.7 Å². The molecule has 0 bridgehead atoms. The molecule has 10 nitrogen and oxygen atoms in total. The van der Waals surface area contributed by atoms with Crippen molar-refractivity contribution in [3.63, 3.8) is 0 Å². The van der Waals surface area contributed by atoms with Gasteiger partial charge in [0.1, 0.15) is 41.4 Å². The van der Waals surface area contributed by atoms with Crippen LogP contribution in [0.4, 0.5) is 19.6 Å². The summed E-state index contributed by atoms with van der Waals surface area (Å²) in [6.45, 7) is 5.22. The number of aromatic nitrogens is 2. The molecule has 2 aromatic heterocycles. The maximum atomic E-state index is 17.1. The molecule has 6 heterocycles. The fraction of sp³-hybridized carbons (Fsp3) is 0.469. The number of hydrogen-bond acceptors (Lipinski definition) is 11. The molecule has 0 saturated carbocycles. The van der Waals surface area contributed by atoms with Crippen LogP contribution in [0.15, 0.2) is 12.1 Å². The standard InChI is InChI=1S/C32H31ClF2N6O4S/c1-15-7-32(5-2-6-40(32)9-15)14-45-31-38-26-23-27(44-12-16-11-43-13-17(42)10-41(16)30(23)39-31)24(33)22(25(26)35)18-3-4-20(34)28-21(18)19(8-36)29(37)46-28/h3-4,15-17,42H,2,5-7,9-14,37H2,1H3/t15-,16?,17?,32+/m1/s1. The lowest BCUT2D eigenvalue weighted by Gasteiger charge is -2.32. The van der Waals surface area contributed by atoms with Crippen molar-refractivity contribution in [3.05, 3.63) is 34.4 Å². The zero-order valence-electron chi connectivity index (χ0n) is 25.0. The molecule has 46 heavy (non-hydrogen) atoms. The molecule has 4 atom stereocenters. The first-order valence-electron chi connectivity index (χ1n) is 15.4. The lowest BCUT2D eigenvalue weighted by Crippen LogP contribution is -2.44. The second kappa shape index (κ2) is 11.0. The maximum Gasteiger partial charge on any atom is 0.319 e. The van der Waals surface area contributed by atoms with Gasteiger partial charge in [-0.3, -0.25) is 4.90 Å². The van der Waals surface area contributed by atoms with Crippen molar-refractivity contribution in [2.24, 2.45) is 5.92 Å². The van der Waals surface area contributed by atoms with Gasteiger partial charge in [0.15, 0.2) is 11.6 Å². The number of fused-ring (bicyclic) bond motifs is 4. The first-order chi connectivity index (χ1) is 22.2. The van der Waals surface area contributed by atoms with Gasteiger partial charge in [0.25, 0.3) is 0 Å². The number of halogens is 3. The first-order valence-corrected chi connectivity index (χ1v) is 16.5. The highest BCUT2D eigenvalue weighted by Gasteiger charge is 2.48. The summed E-state index contributed by atoms with van der Waals surface area (Å²) in [7, 11) is 0. The molecular weight excluding hydrogens is 638 g/mol. The normalized spacial score (nSPS) is 26.0. The van der Waals surface area contributed by atoms with Gasteiger partial charge in [0, 0.05) is 24.0 Å². The average molecular weight is 669 g/mol. The summed E-state index contributed by atoms with van der Waals surface area (Å²) < 4.78 is 50.6. The van der Waals surface area contributed by atoms with Crippen LogP contribution in [0.3, 0.4) is 0 Å². The number of rotatable bonds is 4. The lowest BCUT2D eigenvalue weighted by atomic mass is 9.92. The number of benzene rings is 2. The van der Waals surface area contributed by atoms with E-state index in [9.17, 15) is 14.8 Å². The van der Waals surface area contributed by atoms with Crippen molar-refractivity contribution in [3.8, 4) is 29.0 Å². The molecule has 14 heteroatoms. The molecule has 4 aliphatic rings. The van der Waals surface area contributed by atoms with E-state index in [1.54, 1.807) is 0 Å². The molecule has 3 saturated heterocycles. The quantitative estimate of drug-likeness (QED) is 0.303. The molecule has 3 fully saturated rings. The van der Waals surface area contributed by atoms with E-state index in [1.807, 2.05) is 11.0 Å². The minimum Gasteiger partial charge on any atom is -0.489 e. The second-order valence-electron chi connectivity index (χ2n) is 12.8. The highest BCUT2D eigenvalue weighted by atomic mass is 35.5. The Morgan fingerprint density at radius 3 is 2.91 bits per heavy atom. The summed E-state index contributed by atoms with van der Waals surface area (Å²) in [5, 5.41) is 21.0. The van der Waals surface area contributed by atoms with Crippen LogP contribution in [0.25, 0.3) is 32.1 Å². The zero-order chi connectivity index (χ0) is 31.9. The molecule has 2 aromatic carbocycles. The van der Waals surface area contributed by atoms with Gasteiger partial charge in [-0.15, -0.1) is 11.3 Å². The lowest BCUT2D eigenvalue weighted by molar-refractivity contribution is 0.0510. The van der Waals surface area contributed by atoms with E-state index in [2.05, 4.69) is 16.8 Å². The number of nitrogen functional groups attached to an aromatic ring is 1. The van der Waals surface area contributed by atoms with Crippen molar-refractivity contribution >= 4 is 54.7 Å². The molecule has 0 radical (unpaired) electrons. The van der Waals surface area contributed by atoms with Crippen molar-refractivity contribution in [2.45, 2.75) is 43.9 Å². The number of anilines is 2. The number of ether oxygens (including phenoxy) is 3. The SMILES string of the molecule is C[C@H]1CN2CCC[C@@]2(COc2nc3c4c(c(Cl)c(-c5ccc(F)c6sc(N)c(C#N)c56)c(F)c4n2)OCC2COCC(O)CN32)C1. The van der Waals surface area contributed by atoms with Crippen LogP contribution in [0.5, 0.6) is 11.8 Å². The van der Waals surface area contributed by atoms with E-state index in [-0.39, 0.29) is 97.4 Å². The van der Waals surface area contributed by atoms with Crippen LogP contribution in [0.1, 0.15) is 31.7 Å². The average Bonchev–Trinajstić information content (AvgIpc) is 3.59. The van der Waals surface area contributed by atoms with Crippen LogP contribution < -0.4 is 20.1 Å². The number of nitrogens with two attached hydrogens (primary N) is 1. The third-order valence-electron chi connectivity index (χ3n) is 9.77. The minimum absolute atomic E-state index is 0.0107. The number of aliphatic hydroxyl groups is 1. The Balaban J connectivity index is 1.35. The molecular formula is C32H31ClF2N6O4S. The topological polar surface area (TPSA) is 130 Å². The number of nitriles is 1. The Kier molecular flexibility index (Phi) is 7.15. The fourth-order valence-corrected chi connectivity index (χ4v) is 9.13. The molecule has 0 amide bonds. The molecule has 0 aliphatic carbocycles. The number of aliphatic hydroxyl groups excluding tert-OH is 1. The van der Waals surface area contributed by atoms with E-state index < -0.39 is 17.7 Å². The van der Waals surface area contributed by atoms with Crippen LogP contribution in [-0.2, 0) is 4.74 Å². The maximum absolute atomic E-state index is 17.1. The summed E-state index contributed by atoms with van der Waals surface area (Å²) in [4.78, 5) is 13.7. The molecule has 3 N–H and O–H groups in total. The molecule has 240 valence electrons. The Morgan fingerprint density at radius 2 is 2.09 bits per heavy atom. The third kappa shape index (κ3) is 4.49. The van der Waals surface area contributed by atoms with Gasteiger partial charge in [0.05, 0.1) is 51.6 Å². The predicted molar refractivity (Wildman–Crippen MR) is 171 cm³/mol. The van der Waals surface area contributed by atoms with Gasteiger partial charge in [-0.1, -0.05) is 24.6 Å². The van der Waals surface area contributed by atoms with Gasteiger partial charge in [-0.2, -0.15) is 15.2 Å². The van der Waals surface area contributed by atoms with Gasteiger partial charge in [-0.05, 0) is 43.4 Å². The Bertz CT molecular complexity index is 1950. The van der Waals surface area contributed by atoms with Gasteiger partial charge < -0.3 is 30.0 Å². The van der Waals surface area contributed by atoms with E-state index in [1.165, 1.54) is 12.1 Å². The Hall–Kier alpha value is -3.54. The molecule has 0 spiro atoms. The Labute approximate surface area is 272 Å². The molecule has 2 unspecified atom stereocenters.